The summed E-state index contributed by atoms with van der Waals surface area (Å²) in [4.78, 5) is 37.6. The number of carbonyl (C=O) groups is 3. The van der Waals surface area contributed by atoms with E-state index < -0.39 is 11.9 Å². The van der Waals surface area contributed by atoms with Crippen LogP contribution in [-0.2, 0) is 23.9 Å². The third-order valence-corrected chi connectivity index (χ3v) is 10.1. The first-order valence-corrected chi connectivity index (χ1v) is 12.5. The summed E-state index contributed by atoms with van der Waals surface area (Å²) < 4.78 is 10.5. The molecular weight excluding hydrogens is 484 g/mol. The maximum atomic E-state index is 12.7. The maximum absolute atomic E-state index is 12.7. The highest BCUT2D eigenvalue weighted by atomic mass is 16.6. The van der Waals surface area contributed by atoms with E-state index in [4.69, 9.17) is 14.6 Å². The topological polar surface area (TPSA) is 110 Å². The molecule has 2 N–H and O–H groups in total. The van der Waals surface area contributed by atoms with Gasteiger partial charge in [0, 0.05) is 19.6 Å². The molecular formula is C31H60O7. The molecule has 0 aromatic carbocycles. The molecule has 7 nitrogen and oxygen atoms in total. The molecule has 12 atom stereocenters. The smallest absolute Gasteiger partial charge is 0.317 e. The Labute approximate surface area is 233 Å². The number of cyclic esters (lactones) is 2. The highest BCUT2D eigenvalue weighted by Gasteiger charge is 2.65. The predicted octanol–water partition coefficient (Wildman–Crippen LogP) is 5.85. The third-order valence-electron chi connectivity index (χ3n) is 10.1. The van der Waals surface area contributed by atoms with Crippen molar-refractivity contribution in [2.24, 2.45) is 71.0 Å². The van der Waals surface area contributed by atoms with Crippen LogP contribution in [0.1, 0.15) is 90.5 Å². The SMILES string of the molecule is C.C.C.C.C.C.CC1C(=O)OC(=O)C1C1C2CC(CO)C(C2)C1C1C2CC(C(=O)OCCCO)C(C2)C1C. The Bertz CT molecular complexity index is 780. The average molecular weight is 545 g/mol. The summed E-state index contributed by atoms with van der Waals surface area (Å²) in [7, 11) is 0. The number of aliphatic hydroxyl groups is 2. The molecule has 0 amide bonds. The van der Waals surface area contributed by atoms with Gasteiger partial charge in [0.05, 0.1) is 24.4 Å². The Morgan fingerprint density at radius 3 is 1.97 bits per heavy atom. The molecule has 7 heteroatoms. The predicted molar refractivity (Wildman–Crippen MR) is 153 cm³/mol. The Balaban J connectivity index is 0. The minimum atomic E-state index is -0.398. The standard InChI is InChI=1S/C25H36O7.6CH4/c1-11-16-7-14(9-18(16)24(29)31-5-3-4-26)19(11)22-17-8-13(6-15(17)10-27)21(22)20-12(2)23(28)32-25(20)30;;;;;;/h11-22,26-27H,3-10H2,1-2H3;6*1H4. The first kappa shape index (κ1) is 38.7. The molecule has 38 heavy (non-hydrogen) atoms. The van der Waals surface area contributed by atoms with Crippen LogP contribution in [0.2, 0.25) is 0 Å². The number of aliphatic hydroxyl groups excluding tert-OH is 2. The van der Waals surface area contributed by atoms with E-state index in [-0.39, 0.29) is 106 Å². The molecule has 4 aliphatic carbocycles. The van der Waals surface area contributed by atoms with E-state index in [1.165, 1.54) is 0 Å². The lowest BCUT2D eigenvalue weighted by Gasteiger charge is -2.46. The van der Waals surface area contributed by atoms with Crippen LogP contribution in [0, 0.1) is 71.0 Å². The van der Waals surface area contributed by atoms with Crippen molar-refractivity contribution in [3.05, 3.63) is 0 Å². The van der Waals surface area contributed by atoms with Gasteiger partial charge in [0.1, 0.15) is 0 Å². The van der Waals surface area contributed by atoms with Crippen LogP contribution in [0.3, 0.4) is 0 Å². The number of hydrogen-bond acceptors (Lipinski definition) is 7. The summed E-state index contributed by atoms with van der Waals surface area (Å²) >= 11 is 0. The quantitative estimate of drug-likeness (QED) is 0.235. The summed E-state index contributed by atoms with van der Waals surface area (Å²) in [6, 6.07) is 0. The molecule has 0 aromatic heterocycles. The van der Waals surface area contributed by atoms with Crippen molar-refractivity contribution >= 4 is 17.9 Å². The van der Waals surface area contributed by atoms with E-state index in [1.807, 2.05) is 6.92 Å². The van der Waals surface area contributed by atoms with Crippen LogP contribution in [0.4, 0.5) is 0 Å². The Morgan fingerprint density at radius 1 is 0.842 bits per heavy atom. The molecule has 5 aliphatic rings. The average Bonchev–Trinajstić information content (AvgIpc) is 3.55. The highest BCUT2D eigenvalue weighted by molar-refractivity contribution is 5.96. The molecule has 1 aliphatic heterocycles. The zero-order valence-corrected chi connectivity index (χ0v) is 19.0. The van der Waals surface area contributed by atoms with Gasteiger partial charge in [0.25, 0.3) is 0 Å². The van der Waals surface area contributed by atoms with Crippen molar-refractivity contribution in [3.8, 4) is 0 Å². The second-order valence-corrected chi connectivity index (χ2v) is 11.2. The Morgan fingerprint density at radius 2 is 1.45 bits per heavy atom. The second kappa shape index (κ2) is 14.8. The molecule has 12 unspecified atom stereocenters. The number of carbonyl (C=O) groups excluding carboxylic acids is 3. The van der Waals surface area contributed by atoms with Crippen LogP contribution in [0.5, 0.6) is 0 Å². The first-order chi connectivity index (χ1) is 15.4. The van der Waals surface area contributed by atoms with E-state index in [2.05, 4.69) is 6.92 Å². The molecule has 5 fully saturated rings. The van der Waals surface area contributed by atoms with E-state index in [0.29, 0.717) is 41.9 Å². The summed E-state index contributed by atoms with van der Waals surface area (Å²) in [5.41, 5.74) is 0. The molecule has 0 spiro atoms. The van der Waals surface area contributed by atoms with Crippen molar-refractivity contribution in [1.29, 1.82) is 0 Å². The van der Waals surface area contributed by atoms with Gasteiger partial charge in [-0.05, 0) is 78.9 Å². The fourth-order valence-electron chi connectivity index (χ4n) is 8.97. The van der Waals surface area contributed by atoms with Gasteiger partial charge in [0.2, 0.25) is 0 Å². The van der Waals surface area contributed by atoms with Gasteiger partial charge in [0.15, 0.2) is 0 Å². The number of rotatable bonds is 7. The molecule has 5 rings (SSSR count). The maximum Gasteiger partial charge on any atom is 0.317 e. The normalized spacial score (nSPS) is 41.4. The number of ether oxygens (including phenoxy) is 2. The highest BCUT2D eigenvalue weighted by Crippen LogP contribution is 2.68. The molecule has 1 heterocycles. The Kier molecular flexibility index (Phi) is 15.0. The third kappa shape index (κ3) is 5.84. The van der Waals surface area contributed by atoms with Crippen molar-refractivity contribution in [3.63, 3.8) is 0 Å². The number of fused-ring (bicyclic) bond motifs is 4. The van der Waals surface area contributed by atoms with Gasteiger partial charge in [-0.3, -0.25) is 14.4 Å². The summed E-state index contributed by atoms with van der Waals surface area (Å²) in [5, 5.41) is 19.0. The van der Waals surface area contributed by atoms with Gasteiger partial charge in [-0.1, -0.05) is 58.4 Å². The molecule has 226 valence electrons. The first-order valence-electron chi connectivity index (χ1n) is 12.5. The monoisotopic (exact) mass is 544 g/mol. The van der Waals surface area contributed by atoms with Gasteiger partial charge in [-0.15, -0.1) is 0 Å². The molecule has 4 saturated carbocycles. The van der Waals surface area contributed by atoms with Crippen LogP contribution < -0.4 is 0 Å². The lowest BCUT2D eigenvalue weighted by atomic mass is 9.57. The summed E-state index contributed by atoms with van der Waals surface area (Å²) in [6.45, 7) is 4.55. The molecule has 1 saturated heterocycles. The van der Waals surface area contributed by atoms with E-state index in [0.717, 1.165) is 25.7 Å². The van der Waals surface area contributed by atoms with E-state index in [9.17, 15) is 19.5 Å². The van der Waals surface area contributed by atoms with Gasteiger partial charge in [-0.2, -0.15) is 0 Å². The van der Waals surface area contributed by atoms with Crippen molar-refractivity contribution < 1.29 is 34.1 Å². The zero-order valence-electron chi connectivity index (χ0n) is 19.0. The van der Waals surface area contributed by atoms with E-state index >= 15 is 0 Å². The van der Waals surface area contributed by atoms with Crippen LogP contribution in [0.15, 0.2) is 0 Å². The minimum absolute atomic E-state index is 0. The molecule has 0 aromatic rings. The largest absolute Gasteiger partial charge is 0.465 e. The van der Waals surface area contributed by atoms with Gasteiger partial charge in [-0.25, -0.2) is 0 Å². The zero-order chi connectivity index (χ0) is 22.7. The fraction of sp³-hybridized carbons (Fsp3) is 0.903. The van der Waals surface area contributed by atoms with Gasteiger partial charge >= 0.3 is 17.9 Å². The second-order valence-electron chi connectivity index (χ2n) is 11.2. The number of hydrogen-bond donors (Lipinski definition) is 2. The van der Waals surface area contributed by atoms with Crippen LogP contribution >= 0.6 is 0 Å². The summed E-state index contributed by atoms with van der Waals surface area (Å²) in [5.74, 6) is 1.18. The lowest BCUT2D eigenvalue weighted by Crippen LogP contribution is -2.45. The Hall–Kier alpha value is -1.47. The number of esters is 3. The van der Waals surface area contributed by atoms with Gasteiger partial charge < -0.3 is 19.7 Å². The minimum Gasteiger partial charge on any atom is -0.465 e. The van der Waals surface area contributed by atoms with Crippen molar-refractivity contribution in [2.75, 3.05) is 19.8 Å². The van der Waals surface area contributed by atoms with Crippen LogP contribution in [0.25, 0.3) is 0 Å². The van der Waals surface area contributed by atoms with Crippen molar-refractivity contribution in [1.82, 2.24) is 0 Å². The van der Waals surface area contributed by atoms with E-state index in [1.54, 1.807) is 0 Å². The molecule has 4 bridgehead atoms. The molecule has 0 radical (unpaired) electrons. The van der Waals surface area contributed by atoms with Crippen LogP contribution in [-0.4, -0.2) is 47.9 Å². The summed E-state index contributed by atoms with van der Waals surface area (Å²) in [6.07, 6.45) is 4.26. The fourth-order valence-corrected chi connectivity index (χ4v) is 8.97. The lowest BCUT2D eigenvalue weighted by molar-refractivity contribution is -0.154. The van der Waals surface area contributed by atoms with Crippen molar-refractivity contribution in [2.45, 2.75) is 90.5 Å².